The van der Waals surface area contributed by atoms with Gasteiger partial charge >= 0.3 is 6.20 Å². The molecule has 19 heavy (non-hydrogen) atoms. The van der Waals surface area contributed by atoms with Crippen LogP contribution in [0.2, 0.25) is 0 Å². The number of sulfonamides is 1. The molecule has 6 nitrogen and oxygen atoms in total. The van der Waals surface area contributed by atoms with Crippen LogP contribution >= 0.6 is 0 Å². The molecule has 0 aromatic rings. The molecule has 1 N–H and O–H groups in total. The molecular weight excluding hydrogens is 266 g/mol. The van der Waals surface area contributed by atoms with Crippen LogP contribution in [0.4, 0.5) is 0 Å². The molecule has 0 amide bonds. The van der Waals surface area contributed by atoms with Crippen LogP contribution in [0.3, 0.4) is 0 Å². The lowest BCUT2D eigenvalue weighted by Crippen LogP contribution is -2.41. The van der Waals surface area contributed by atoms with Crippen molar-refractivity contribution < 1.29 is 13.5 Å². The number of nitrogens with zero attached hydrogens (tertiary/aromatic N) is 3. The average Bonchev–Trinajstić information content (AvgIpc) is 2.75. The van der Waals surface area contributed by atoms with E-state index in [1.807, 2.05) is 0 Å². The first-order valence-electron chi connectivity index (χ1n) is 6.52. The molecule has 0 aromatic carbocycles. The maximum Gasteiger partial charge on any atom is 0.410 e. The summed E-state index contributed by atoms with van der Waals surface area (Å²) in [6, 6.07) is -0.204. The van der Waals surface area contributed by atoms with E-state index in [2.05, 4.69) is 18.8 Å². The number of aliphatic hydroxyl groups excluding tert-OH is 1. The summed E-state index contributed by atoms with van der Waals surface area (Å²) in [7, 11) is -3.54. The van der Waals surface area contributed by atoms with Crippen molar-refractivity contribution in [3.63, 3.8) is 0 Å². The number of fused-ring (bicyclic) bond motifs is 1. The van der Waals surface area contributed by atoms with Gasteiger partial charge in [0, 0.05) is 5.41 Å². The van der Waals surface area contributed by atoms with E-state index in [-0.39, 0.29) is 22.6 Å². The molecule has 1 saturated heterocycles. The second-order valence-corrected chi connectivity index (χ2v) is 8.37. The van der Waals surface area contributed by atoms with E-state index in [0.29, 0.717) is 5.92 Å². The molecule has 2 aliphatic carbocycles. The van der Waals surface area contributed by atoms with Crippen LogP contribution in [0, 0.1) is 22.1 Å². The van der Waals surface area contributed by atoms with Crippen molar-refractivity contribution in [1.82, 2.24) is 4.31 Å². The van der Waals surface area contributed by atoms with Crippen LogP contribution in [0.25, 0.3) is 4.98 Å². The largest absolute Gasteiger partial charge is 0.489 e. The van der Waals surface area contributed by atoms with Crippen molar-refractivity contribution in [2.24, 2.45) is 16.7 Å². The number of rotatable bonds is 1. The monoisotopic (exact) mass is 284 g/mol. The minimum Gasteiger partial charge on any atom is -0.489 e. The van der Waals surface area contributed by atoms with Crippen molar-refractivity contribution in [2.45, 2.75) is 39.2 Å². The third-order valence-electron chi connectivity index (χ3n) is 5.81. The molecular formula is C12H18N3O3S+. The highest BCUT2D eigenvalue weighted by Crippen LogP contribution is 2.70. The first-order valence-corrected chi connectivity index (χ1v) is 8.13. The number of aliphatic hydroxyl groups is 1. The molecule has 7 heteroatoms. The zero-order valence-electron chi connectivity index (χ0n) is 11.1. The highest BCUT2D eigenvalue weighted by atomic mass is 32.2. The Kier molecular flexibility index (Phi) is 2.29. The first-order chi connectivity index (χ1) is 8.76. The third kappa shape index (κ3) is 1.30. The molecule has 2 bridgehead atoms. The van der Waals surface area contributed by atoms with Crippen molar-refractivity contribution in [3.05, 3.63) is 17.1 Å². The minimum absolute atomic E-state index is 0.0316. The Morgan fingerprint density at radius 2 is 2.21 bits per heavy atom. The SMILES string of the molecule is CC1(C)[C@@H]2CC[C@]13CS(=O)(=O)N(/C(O)=C\[N+]#N)[C@@H]3C2. The number of diazo groups is 1. The summed E-state index contributed by atoms with van der Waals surface area (Å²) >= 11 is 0. The minimum atomic E-state index is -3.54. The van der Waals surface area contributed by atoms with Crippen LogP contribution in [-0.2, 0) is 10.0 Å². The fourth-order valence-electron chi connectivity index (χ4n) is 4.70. The van der Waals surface area contributed by atoms with Gasteiger partial charge < -0.3 is 5.11 Å². The molecule has 3 rings (SSSR count). The summed E-state index contributed by atoms with van der Waals surface area (Å²) < 4.78 is 25.8. The Bertz CT molecular complexity index is 604. The van der Waals surface area contributed by atoms with Crippen molar-refractivity contribution >= 4 is 10.0 Å². The Morgan fingerprint density at radius 1 is 1.53 bits per heavy atom. The lowest BCUT2D eigenvalue weighted by molar-refractivity contribution is 0.107. The fourth-order valence-corrected chi connectivity index (χ4v) is 7.21. The molecule has 0 radical (unpaired) electrons. The van der Waals surface area contributed by atoms with Gasteiger partial charge in [0.2, 0.25) is 15.4 Å². The summed E-state index contributed by atoms with van der Waals surface area (Å²) in [6.45, 7) is 4.28. The smallest absolute Gasteiger partial charge is 0.410 e. The fraction of sp³-hybridized carbons (Fsp3) is 0.833. The number of hydrogen-bond donors (Lipinski definition) is 1. The Morgan fingerprint density at radius 3 is 2.79 bits per heavy atom. The molecule has 2 saturated carbocycles. The van der Waals surface area contributed by atoms with Crippen molar-refractivity contribution in [1.29, 1.82) is 5.39 Å². The normalized spacial score (nSPS) is 42.2. The van der Waals surface area contributed by atoms with Crippen LogP contribution in [0.5, 0.6) is 0 Å². The molecule has 3 atom stereocenters. The van der Waals surface area contributed by atoms with Gasteiger partial charge in [0.25, 0.3) is 5.88 Å². The third-order valence-corrected chi connectivity index (χ3v) is 7.73. The molecule has 1 spiro atoms. The second-order valence-electron chi connectivity index (χ2n) is 6.52. The summed E-state index contributed by atoms with van der Waals surface area (Å²) in [5.41, 5.74) is -0.316. The number of hydrogen-bond acceptors (Lipinski definition) is 4. The molecule has 3 aliphatic rings. The lowest BCUT2D eigenvalue weighted by Gasteiger charge is -2.36. The molecule has 104 valence electrons. The van der Waals surface area contributed by atoms with E-state index in [0.717, 1.165) is 29.8 Å². The van der Waals surface area contributed by atoms with Crippen LogP contribution in [0.1, 0.15) is 33.1 Å². The molecule has 0 aromatic heterocycles. The van der Waals surface area contributed by atoms with Crippen molar-refractivity contribution in [3.8, 4) is 0 Å². The van der Waals surface area contributed by atoms with Gasteiger partial charge in [-0.1, -0.05) is 13.8 Å². The van der Waals surface area contributed by atoms with Gasteiger partial charge in [-0.25, -0.2) is 12.7 Å². The maximum absolute atomic E-state index is 12.4. The predicted octanol–water partition coefficient (Wildman–Crippen LogP) is 2.04. The first kappa shape index (κ1) is 12.7. The lowest BCUT2D eigenvalue weighted by atomic mass is 9.69. The quantitative estimate of drug-likeness (QED) is 0.589. The van der Waals surface area contributed by atoms with E-state index >= 15 is 0 Å². The van der Waals surface area contributed by atoms with Gasteiger partial charge in [-0.3, -0.25) is 0 Å². The van der Waals surface area contributed by atoms with Crippen LogP contribution in [0.15, 0.2) is 12.1 Å². The zero-order valence-corrected chi connectivity index (χ0v) is 11.9. The Balaban J connectivity index is 2.12. The molecule has 3 fully saturated rings. The van der Waals surface area contributed by atoms with E-state index in [4.69, 9.17) is 5.39 Å². The Hall–Kier alpha value is -1.29. The highest BCUT2D eigenvalue weighted by molar-refractivity contribution is 7.89. The van der Waals surface area contributed by atoms with E-state index < -0.39 is 15.9 Å². The summed E-state index contributed by atoms with van der Waals surface area (Å²) in [6.07, 6.45) is 3.50. The summed E-state index contributed by atoms with van der Waals surface area (Å²) in [4.78, 5) is 2.74. The molecule has 1 heterocycles. The van der Waals surface area contributed by atoms with Gasteiger partial charge in [0.05, 0.1) is 11.8 Å². The summed E-state index contributed by atoms with van der Waals surface area (Å²) in [5.74, 6) is 0.0967. The summed E-state index contributed by atoms with van der Waals surface area (Å²) in [5, 5.41) is 18.4. The second kappa shape index (κ2) is 3.42. The standard InChI is InChI=1S/C12H17N3O3S/c1-11(2)8-3-4-12(11)7-19(17,18)15(9(12)5-8)10(16)6-14-13/h6,8-9H,3-5,7H2,1-2H3/p+1/b10-6+/t8-,9-,12-/m1/s1. The van der Waals surface area contributed by atoms with Gasteiger partial charge in [-0.2, -0.15) is 0 Å². The van der Waals surface area contributed by atoms with E-state index in [9.17, 15) is 13.5 Å². The van der Waals surface area contributed by atoms with E-state index in [1.54, 1.807) is 0 Å². The van der Waals surface area contributed by atoms with Crippen LogP contribution in [-0.4, -0.2) is 29.6 Å². The van der Waals surface area contributed by atoms with Gasteiger partial charge in [0.1, 0.15) is 0 Å². The molecule has 1 aliphatic heterocycles. The maximum atomic E-state index is 12.4. The zero-order chi connectivity index (χ0) is 14.1. The van der Waals surface area contributed by atoms with Crippen molar-refractivity contribution in [2.75, 3.05) is 5.75 Å². The van der Waals surface area contributed by atoms with Crippen LogP contribution < -0.4 is 0 Å². The van der Waals surface area contributed by atoms with Gasteiger partial charge in [-0.15, -0.1) is 0 Å². The predicted molar refractivity (Wildman–Crippen MR) is 68.8 cm³/mol. The van der Waals surface area contributed by atoms with Gasteiger partial charge in [-0.05, 0) is 30.6 Å². The Labute approximate surface area is 112 Å². The molecule has 0 unspecified atom stereocenters. The van der Waals surface area contributed by atoms with Gasteiger partial charge in [0.15, 0.2) is 4.98 Å². The highest BCUT2D eigenvalue weighted by Gasteiger charge is 2.72. The average molecular weight is 284 g/mol. The van der Waals surface area contributed by atoms with E-state index in [1.165, 1.54) is 0 Å². The topological polar surface area (TPSA) is 85.8 Å².